The highest BCUT2D eigenvalue weighted by Gasteiger charge is 2.40. The summed E-state index contributed by atoms with van der Waals surface area (Å²) in [6, 6.07) is 0. The fourth-order valence-electron chi connectivity index (χ4n) is 2.84. The normalized spacial score (nSPS) is 17.4. The van der Waals surface area contributed by atoms with E-state index in [1.807, 2.05) is 13.8 Å². The molecule has 6 heteroatoms. The van der Waals surface area contributed by atoms with Crippen LogP contribution < -0.4 is 5.32 Å². The number of hydrogen-bond acceptors (Lipinski definition) is 4. The molecule has 1 heterocycles. The number of carboxylic acid groups (broad SMARTS) is 1. The van der Waals surface area contributed by atoms with E-state index in [9.17, 15) is 14.7 Å². The average Bonchev–Trinajstić information content (AvgIpc) is 2.87. The van der Waals surface area contributed by atoms with Crippen molar-refractivity contribution in [2.24, 2.45) is 5.41 Å². The predicted molar refractivity (Wildman–Crippen MR) is 81.7 cm³/mol. The smallest absolute Gasteiger partial charge is 0.311 e. The van der Waals surface area contributed by atoms with Gasteiger partial charge in [-0.1, -0.05) is 26.2 Å². The first-order chi connectivity index (χ1) is 9.98. The van der Waals surface area contributed by atoms with Gasteiger partial charge in [-0.15, -0.1) is 11.3 Å². The summed E-state index contributed by atoms with van der Waals surface area (Å²) < 4.78 is 0. The molecule has 2 rings (SSSR count). The summed E-state index contributed by atoms with van der Waals surface area (Å²) in [4.78, 5) is 28.8. The minimum atomic E-state index is -0.794. The minimum absolute atomic E-state index is 0.198. The number of hydrogen-bond donors (Lipinski definition) is 2. The van der Waals surface area contributed by atoms with Gasteiger partial charge in [0.1, 0.15) is 4.88 Å². The zero-order valence-corrected chi connectivity index (χ0v) is 13.4. The van der Waals surface area contributed by atoms with Gasteiger partial charge < -0.3 is 10.4 Å². The molecule has 0 radical (unpaired) electrons. The molecular weight excluding hydrogens is 288 g/mol. The molecule has 1 aromatic heterocycles. The Balaban J connectivity index is 2.05. The maximum Gasteiger partial charge on any atom is 0.311 e. The Hall–Kier alpha value is -1.43. The molecule has 0 bridgehead atoms. The number of aliphatic carboxylic acids is 1. The van der Waals surface area contributed by atoms with Crippen LogP contribution in [0.3, 0.4) is 0 Å². The lowest BCUT2D eigenvalue weighted by molar-refractivity contribution is -0.150. The largest absolute Gasteiger partial charge is 0.481 e. The molecule has 5 nitrogen and oxygen atoms in total. The van der Waals surface area contributed by atoms with E-state index in [2.05, 4.69) is 10.3 Å². The van der Waals surface area contributed by atoms with E-state index in [1.165, 1.54) is 11.3 Å². The summed E-state index contributed by atoms with van der Waals surface area (Å²) in [6.45, 7) is 4.03. The maximum atomic E-state index is 12.3. The lowest BCUT2D eigenvalue weighted by Crippen LogP contribution is -2.44. The molecule has 0 saturated heterocycles. The lowest BCUT2D eigenvalue weighted by Gasteiger charge is -2.33. The molecule has 1 amide bonds. The third kappa shape index (κ3) is 3.43. The highest BCUT2D eigenvalue weighted by atomic mass is 32.1. The molecule has 0 spiro atoms. The molecule has 2 N–H and O–H groups in total. The van der Waals surface area contributed by atoms with Crippen LogP contribution in [0.1, 0.15) is 59.4 Å². The Labute approximate surface area is 128 Å². The van der Waals surface area contributed by atoms with Crippen molar-refractivity contribution in [2.45, 2.75) is 52.4 Å². The van der Waals surface area contributed by atoms with Crippen molar-refractivity contribution in [1.29, 1.82) is 0 Å². The van der Waals surface area contributed by atoms with Crippen LogP contribution in [0.25, 0.3) is 0 Å². The van der Waals surface area contributed by atoms with Crippen molar-refractivity contribution >= 4 is 23.2 Å². The molecule has 1 aromatic rings. The molecule has 0 unspecified atom stereocenters. The van der Waals surface area contributed by atoms with Gasteiger partial charge in [-0.2, -0.15) is 0 Å². The first kappa shape index (κ1) is 15.9. The third-order valence-electron chi connectivity index (χ3n) is 4.20. The number of carboxylic acids is 1. The number of aryl methyl sites for hydroxylation is 2. The van der Waals surface area contributed by atoms with Crippen LogP contribution in [0.5, 0.6) is 0 Å². The Morgan fingerprint density at radius 2 is 2.00 bits per heavy atom. The van der Waals surface area contributed by atoms with Crippen molar-refractivity contribution < 1.29 is 14.7 Å². The molecule has 21 heavy (non-hydrogen) atoms. The first-order valence-corrected chi connectivity index (χ1v) is 8.28. The molecule has 1 aliphatic rings. The average molecular weight is 310 g/mol. The zero-order chi connectivity index (χ0) is 15.5. The molecular formula is C15H22N2O3S. The molecule has 1 saturated carbocycles. The van der Waals surface area contributed by atoms with Crippen LogP contribution in [0.2, 0.25) is 0 Å². The van der Waals surface area contributed by atoms with E-state index in [4.69, 9.17) is 0 Å². The standard InChI is InChI=1S/C15H22N2O3S/c1-3-11-17-10(2)12(21-11)13(18)16-9-15(14(19)20)7-5-4-6-8-15/h3-9H2,1-2H3,(H,16,18)(H,19,20). The SMILES string of the molecule is CCc1nc(C)c(C(=O)NCC2(C(=O)O)CCCCC2)s1. The summed E-state index contributed by atoms with van der Waals surface area (Å²) in [5.74, 6) is -0.992. The second kappa shape index (κ2) is 6.56. The van der Waals surface area contributed by atoms with E-state index in [1.54, 1.807) is 0 Å². The Kier molecular flexibility index (Phi) is 4.98. The van der Waals surface area contributed by atoms with Gasteiger partial charge in [-0.25, -0.2) is 4.98 Å². The number of aromatic nitrogens is 1. The fourth-order valence-corrected chi connectivity index (χ4v) is 3.76. The second-order valence-corrected chi connectivity index (χ2v) is 6.79. The number of carbonyl (C=O) groups is 2. The van der Waals surface area contributed by atoms with Crippen LogP contribution in [-0.4, -0.2) is 28.5 Å². The number of nitrogens with zero attached hydrogens (tertiary/aromatic N) is 1. The van der Waals surface area contributed by atoms with E-state index in [-0.39, 0.29) is 12.5 Å². The summed E-state index contributed by atoms with van der Waals surface area (Å²) in [5.41, 5.74) is -0.0672. The van der Waals surface area contributed by atoms with Crippen LogP contribution in [-0.2, 0) is 11.2 Å². The number of amides is 1. The van der Waals surface area contributed by atoms with Gasteiger partial charge in [0.25, 0.3) is 5.91 Å². The van der Waals surface area contributed by atoms with E-state index >= 15 is 0 Å². The van der Waals surface area contributed by atoms with Gasteiger partial charge in [-0.3, -0.25) is 9.59 Å². The van der Waals surface area contributed by atoms with Crippen molar-refractivity contribution in [3.05, 3.63) is 15.6 Å². The van der Waals surface area contributed by atoms with Gasteiger partial charge in [0.15, 0.2) is 0 Å². The summed E-state index contributed by atoms with van der Waals surface area (Å²) in [5, 5.41) is 13.3. The van der Waals surface area contributed by atoms with Crippen LogP contribution in [0.15, 0.2) is 0 Å². The van der Waals surface area contributed by atoms with Crippen molar-refractivity contribution in [3.63, 3.8) is 0 Å². The summed E-state index contributed by atoms with van der Waals surface area (Å²) in [7, 11) is 0. The van der Waals surface area contributed by atoms with Crippen molar-refractivity contribution in [2.75, 3.05) is 6.54 Å². The summed E-state index contributed by atoms with van der Waals surface area (Å²) >= 11 is 1.39. The van der Waals surface area contributed by atoms with Gasteiger partial charge >= 0.3 is 5.97 Å². The van der Waals surface area contributed by atoms with E-state index in [0.29, 0.717) is 17.7 Å². The quantitative estimate of drug-likeness (QED) is 0.876. The highest BCUT2D eigenvalue weighted by Crippen LogP contribution is 2.36. The van der Waals surface area contributed by atoms with Crippen LogP contribution >= 0.6 is 11.3 Å². The fraction of sp³-hybridized carbons (Fsp3) is 0.667. The molecule has 0 atom stereocenters. The Bertz CT molecular complexity index is 533. The second-order valence-electron chi connectivity index (χ2n) is 5.70. The monoisotopic (exact) mass is 310 g/mol. The molecule has 1 aliphatic carbocycles. The third-order valence-corrected chi connectivity index (χ3v) is 5.50. The number of rotatable bonds is 5. The predicted octanol–water partition coefficient (Wildman–Crippen LogP) is 2.78. The number of nitrogens with one attached hydrogen (secondary N) is 1. The Morgan fingerprint density at radius 3 is 2.52 bits per heavy atom. The topological polar surface area (TPSA) is 79.3 Å². The maximum absolute atomic E-state index is 12.3. The van der Waals surface area contributed by atoms with Crippen molar-refractivity contribution in [1.82, 2.24) is 10.3 Å². The van der Waals surface area contributed by atoms with Gasteiger partial charge in [0.05, 0.1) is 16.1 Å². The molecule has 116 valence electrons. The van der Waals surface area contributed by atoms with Gasteiger partial charge in [0, 0.05) is 6.54 Å². The number of carbonyl (C=O) groups excluding carboxylic acids is 1. The minimum Gasteiger partial charge on any atom is -0.481 e. The van der Waals surface area contributed by atoms with Crippen molar-refractivity contribution in [3.8, 4) is 0 Å². The van der Waals surface area contributed by atoms with E-state index in [0.717, 1.165) is 36.4 Å². The highest BCUT2D eigenvalue weighted by molar-refractivity contribution is 7.13. The molecule has 0 aliphatic heterocycles. The zero-order valence-electron chi connectivity index (χ0n) is 12.6. The van der Waals surface area contributed by atoms with Gasteiger partial charge in [0.2, 0.25) is 0 Å². The van der Waals surface area contributed by atoms with Crippen LogP contribution in [0, 0.1) is 12.3 Å². The molecule has 1 fully saturated rings. The van der Waals surface area contributed by atoms with Gasteiger partial charge in [-0.05, 0) is 26.2 Å². The first-order valence-electron chi connectivity index (χ1n) is 7.46. The van der Waals surface area contributed by atoms with E-state index < -0.39 is 11.4 Å². The lowest BCUT2D eigenvalue weighted by atomic mass is 9.74. The number of thiazole rings is 1. The molecule has 0 aromatic carbocycles. The summed E-state index contributed by atoms with van der Waals surface area (Å²) in [6.07, 6.45) is 5.01. The Morgan fingerprint density at radius 1 is 1.33 bits per heavy atom. The van der Waals surface area contributed by atoms with Crippen LogP contribution in [0.4, 0.5) is 0 Å².